The topological polar surface area (TPSA) is 82.0 Å². The molecule has 0 spiro atoms. The summed E-state index contributed by atoms with van der Waals surface area (Å²) in [6.07, 6.45) is 0.861. The minimum absolute atomic E-state index is 0.0347. The highest BCUT2D eigenvalue weighted by Crippen LogP contribution is 2.05. The highest BCUT2D eigenvalue weighted by molar-refractivity contribution is 5.67. The van der Waals surface area contributed by atoms with Crippen molar-refractivity contribution < 1.29 is 9.58 Å². The summed E-state index contributed by atoms with van der Waals surface area (Å²) in [6.45, 7) is 1.49. The second-order valence-electron chi connectivity index (χ2n) is 4.56. The van der Waals surface area contributed by atoms with Gasteiger partial charge in [0.15, 0.2) is 5.52 Å². The minimum Gasteiger partial charge on any atom is -0.739 e. The van der Waals surface area contributed by atoms with Gasteiger partial charge in [-0.2, -0.15) is 0 Å². The third-order valence-electron chi connectivity index (χ3n) is 2.75. The lowest BCUT2D eigenvalue weighted by atomic mass is 10.3. The molecule has 0 saturated carbocycles. The molecule has 0 unspecified atom stereocenters. The van der Waals surface area contributed by atoms with Gasteiger partial charge in [-0.25, -0.2) is 4.73 Å². The largest absolute Gasteiger partial charge is 0.739 e. The molecule has 1 N–H and O–H groups in total. The zero-order valence-corrected chi connectivity index (χ0v) is 11.0. The lowest BCUT2D eigenvalue weighted by Gasteiger charge is -2.11. The summed E-state index contributed by atoms with van der Waals surface area (Å²) in [7, 11) is 3.96. The van der Waals surface area contributed by atoms with Gasteiger partial charge >= 0.3 is 5.95 Å². The van der Waals surface area contributed by atoms with Gasteiger partial charge in [0.1, 0.15) is 0 Å². The molecule has 7 heteroatoms. The number of anilines is 1. The predicted octanol–water partition coefficient (Wildman–Crippen LogP) is -0.135. The molecule has 1 aromatic heterocycles. The summed E-state index contributed by atoms with van der Waals surface area (Å²) >= 11 is 0. The molecule has 0 radical (unpaired) electrons. The Labute approximate surface area is 111 Å². The van der Waals surface area contributed by atoms with Crippen LogP contribution in [0.25, 0.3) is 11.0 Å². The van der Waals surface area contributed by atoms with Crippen molar-refractivity contribution in [3.8, 4) is 0 Å². The quantitative estimate of drug-likeness (QED) is 0.461. The summed E-state index contributed by atoms with van der Waals surface area (Å²) in [5.41, 5.74) is 0.568. The molecule has 19 heavy (non-hydrogen) atoms. The lowest BCUT2D eigenvalue weighted by molar-refractivity contribution is -0.672. The first kappa shape index (κ1) is 13.3. The van der Waals surface area contributed by atoms with E-state index < -0.39 is 0 Å². The highest BCUT2D eigenvalue weighted by atomic mass is 16.5. The van der Waals surface area contributed by atoms with Crippen LogP contribution in [0.2, 0.25) is 0 Å². The first-order valence-electron chi connectivity index (χ1n) is 6.10. The molecule has 0 fully saturated rings. The number of nitrogens with zero attached hydrogens (tertiary/aromatic N) is 4. The van der Waals surface area contributed by atoms with E-state index in [-0.39, 0.29) is 11.5 Å². The second-order valence-corrected chi connectivity index (χ2v) is 4.56. The van der Waals surface area contributed by atoms with Crippen LogP contribution in [0.3, 0.4) is 0 Å². The molecule has 102 valence electrons. The van der Waals surface area contributed by atoms with Gasteiger partial charge in [-0.3, -0.25) is 5.32 Å². The molecule has 2 aromatic rings. The summed E-state index contributed by atoms with van der Waals surface area (Å²) in [5, 5.41) is 30.3. The summed E-state index contributed by atoms with van der Waals surface area (Å²) in [6, 6.07) is 6.58. The van der Waals surface area contributed by atoms with Crippen molar-refractivity contribution in [1.29, 1.82) is 0 Å². The van der Waals surface area contributed by atoms with Crippen molar-refractivity contribution in [3.05, 3.63) is 34.7 Å². The Morgan fingerprint density at radius 2 is 1.89 bits per heavy atom. The molecular formula is C12H17N5O2. The predicted molar refractivity (Wildman–Crippen MR) is 71.3 cm³/mol. The average Bonchev–Trinajstić information content (AvgIpc) is 2.40. The molecule has 7 nitrogen and oxygen atoms in total. The fourth-order valence-corrected chi connectivity index (χ4v) is 1.79. The van der Waals surface area contributed by atoms with Crippen LogP contribution >= 0.6 is 0 Å². The standard InChI is InChI=1S/C12H17N5O2/c1-15(2)9-5-8-13-12-14-17(19)11-7-4-3-6-10(11)16(12)18/h3-4,6-7H,5,8-9H2,1-2H3,(H,13,14). The third kappa shape index (κ3) is 3.00. The Balaban J connectivity index is 2.17. The van der Waals surface area contributed by atoms with Crippen LogP contribution < -0.4 is 14.9 Å². The normalized spacial score (nSPS) is 11.1. The maximum atomic E-state index is 12.0. The molecule has 0 bridgehead atoms. The van der Waals surface area contributed by atoms with E-state index in [0.717, 1.165) is 13.0 Å². The highest BCUT2D eigenvalue weighted by Gasteiger charge is 2.18. The average molecular weight is 263 g/mol. The number of para-hydroxylation sites is 2. The van der Waals surface area contributed by atoms with Crippen LogP contribution in [0.15, 0.2) is 24.3 Å². The van der Waals surface area contributed by atoms with Crippen molar-refractivity contribution >= 4 is 17.0 Å². The van der Waals surface area contributed by atoms with E-state index in [4.69, 9.17) is 0 Å². The number of hydrogen-bond acceptors (Lipinski definition) is 5. The number of aromatic nitrogens is 3. The molecular weight excluding hydrogens is 246 g/mol. The van der Waals surface area contributed by atoms with Gasteiger partial charge in [0.05, 0.1) is 6.54 Å². The molecule has 0 saturated heterocycles. The van der Waals surface area contributed by atoms with Gasteiger partial charge in [-0.05, 0) is 26.6 Å². The summed E-state index contributed by atoms with van der Waals surface area (Å²) < 4.78 is 0.652. The van der Waals surface area contributed by atoms with Crippen molar-refractivity contribution in [2.24, 2.45) is 0 Å². The van der Waals surface area contributed by atoms with Crippen molar-refractivity contribution in [2.75, 3.05) is 32.5 Å². The molecule has 0 aliphatic heterocycles. The fraction of sp³-hybridized carbons (Fsp3) is 0.417. The third-order valence-corrected chi connectivity index (χ3v) is 2.75. The minimum atomic E-state index is 0.0347. The van der Waals surface area contributed by atoms with E-state index >= 15 is 0 Å². The Morgan fingerprint density at radius 3 is 2.58 bits per heavy atom. The zero-order valence-electron chi connectivity index (χ0n) is 11.0. The van der Waals surface area contributed by atoms with Crippen molar-refractivity contribution in [2.45, 2.75) is 6.42 Å². The van der Waals surface area contributed by atoms with Gasteiger partial charge in [0.2, 0.25) is 5.10 Å². The Bertz CT molecular complexity index is 573. The van der Waals surface area contributed by atoms with Gasteiger partial charge in [-0.15, -0.1) is 0 Å². The van der Waals surface area contributed by atoms with Crippen LogP contribution in [0.5, 0.6) is 0 Å². The van der Waals surface area contributed by atoms with Crippen LogP contribution in [-0.4, -0.2) is 37.2 Å². The van der Waals surface area contributed by atoms with Crippen molar-refractivity contribution in [3.63, 3.8) is 0 Å². The maximum Gasteiger partial charge on any atom is 0.460 e. The molecule has 1 aromatic carbocycles. The van der Waals surface area contributed by atoms with E-state index in [1.807, 2.05) is 14.1 Å². The summed E-state index contributed by atoms with van der Waals surface area (Å²) in [4.78, 5) is 2.52. The van der Waals surface area contributed by atoms with Crippen LogP contribution in [0, 0.1) is 10.4 Å². The number of benzene rings is 1. The first-order valence-corrected chi connectivity index (χ1v) is 6.10. The van der Waals surface area contributed by atoms with Crippen LogP contribution in [-0.2, 0) is 0 Å². The lowest BCUT2D eigenvalue weighted by Crippen LogP contribution is -2.44. The number of hydrogen-bond donors (Lipinski definition) is 1. The van der Waals surface area contributed by atoms with Gasteiger partial charge in [0.25, 0.3) is 5.52 Å². The number of fused-ring (bicyclic) bond motifs is 1. The van der Waals surface area contributed by atoms with Gasteiger partial charge < -0.3 is 15.3 Å². The Hall–Kier alpha value is -2.15. The molecule has 2 rings (SSSR count). The molecule has 1 heterocycles. The van der Waals surface area contributed by atoms with Crippen LogP contribution in [0.4, 0.5) is 5.95 Å². The van der Waals surface area contributed by atoms with E-state index in [1.54, 1.807) is 24.3 Å². The van der Waals surface area contributed by atoms with Gasteiger partial charge in [-0.1, -0.05) is 12.1 Å². The van der Waals surface area contributed by atoms with Crippen LogP contribution in [0.1, 0.15) is 6.42 Å². The SMILES string of the molecule is CN(C)CCCNc1n[n+]([O-])c2ccccc2[n+]1[O-]. The fourth-order valence-electron chi connectivity index (χ4n) is 1.79. The zero-order chi connectivity index (χ0) is 13.8. The van der Waals surface area contributed by atoms with Crippen molar-refractivity contribution in [1.82, 2.24) is 10.00 Å². The monoisotopic (exact) mass is 263 g/mol. The number of rotatable bonds is 5. The Morgan fingerprint density at radius 1 is 1.21 bits per heavy atom. The smallest absolute Gasteiger partial charge is 0.460 e. The molecule has 0 atom stereocenters. The Kier molecular flexibility index (Phi) is 3.96. The first-order chi connectivity index (χ1) is 9.09. The van der Waals surface area contributed by atoms with E-state index in [1.165, 1.54) is 0 Å². The number of nitrogens with one attached hydrogen (secondary N) is 1. The van der Waals surface area contributed by atoms with E-state index in [9.17, 15) is 10.4 Å². The maximum absolute atomic E-state index is 12.0. The second kappa shape index (κ2) is 5.66. The van der Waals surface area contributed by atoms with E-state index in [2.05, 4.69) is 15.3 Å². The van der Waals surface area contributed by atoms with E-state index in [0.29, 0.717) is 21.6 Å². The molecule has 0 amide bonds. The molecule has 0 aliphatic carbocycles. The summed E-state index contributed by atoms with van der Waals surface area (Å²) in [5.74, 6) is 0.0347. The molecule has 0 aliphatic rings. The van der Waals surface area contributed by atoms with Gasteiger partial charge in [0, 0.05) is 17.5 Å².